The van der Waals surface area contributed by atoms with Crippen molar-refractivity contribution >= 4 is 0 Å². The van der Waals surface area contributed by atoms with E-state index in [-0.39, 0.29) is 5.82 Å². The highest BCUT2D eigenvalue weighted by molar-refractivity contribution is 5.54. The Bertz CT molecular complexity index is 547. The summed E-state index contributed by atoms with van der Waals surface area (Å²) in [4.78, 5) is 6.73. The van der Waals surface area contributed by atoms with Gasteiger partial charge >= 0.3 is 0 Å². The molecule has 0 bridgehead atoms. The fourth-order valence-corrected chi connectivity index (χ4v) is 2.20. The second-order valence-electron chi connectivity index (χ2n) is 4.64. The average Bonchev–Trinajstić information content (AvgIpc) is 2.88. The molecule has 1 aliphatic heterocycles. The third-order valence-corrected chi connectivity index (χ3v) is 3.20. The van der Waals surface area contributed by atoms with Gasteiger partial charge in [0.25, 0.3) is 0 Å². The molecule has 0 amide bonds. The van der Waals surface area contributed by atoms with Gasteiger partial charge in [-0.3, -0.25) is 10.00 Å². The molecular formula is C13H16FN5. The van der Waals surface area contributed by atoms with Gasteiger partial charge in [-0.25, -0.2) is 9.37 Å². The lowest BCUT2D eigenvalue weighted by atomic mass is 10.2. The molecule has 2 aromatic rings. The first kappa shape index (κ1) is 12.3. The summed E-state index contributed by atoms with van der Waals surface area (Å²) in [6.45, 7) is 4.78. The second-order valence-corrected chi connectivity index (χ2v) is 4.64. The number of hydrogen-bond donors (Lipinski definition) is 2. The van der Waals surface area contributed by atoms with Crippen molar-refractivity contribution in [3.05, 3.63) is 35.9 Å². The van der Waals surface area contributed by atoms with Crippen molar-refractivity contribution in [3.63, 3.8) is 0 Å². The van der Waals surface area contributed by atoms with E-state index in [1.165, 1.54) is 12.1 Å². The summed E-state index contributed by atoms with van der Waals surface area (Å²) in [5.41, 5.74) is 0.697. The van der Waals surface area contributed by atoms with Crippen molar-refractivity contribution in [1.82, 2.24) is 25.4 Å². The van der Waals surface area contributed by atoms with E-state index in [2.05, 4.69) is 25.4 Å². The van der Waals surface area contributed by atoms with Crippen molar-refractivity contribution in [3.8, 4) is 11.4 Å². The van der Waals surface area contributed by atoms with Crippen LogP contribution in [0.1, 0.15) is 5.82 Å². The Kier molecular flexibility index (Phi) is 3.52. The summed E-state index contributed by atoms with van der Waals surface area (Å²) in [5.74, 6) is 1.09. The van der Waals surface area contributed by atoms with Crippen LogP contribution in [0.2, 0.25) is 0 Å². The summed E-state index contributed by atoms with van der Waals surface area (Å²) in [6, 6.07) is 6.33. The molecule has 1 saturated heterocycles. The van der Waals surface area contributed by atoms with Gasteiger partial charge in [0, 0.05) is 31.7 Å². The highest BCUT2D eigenvalue weighted by Crippen LogP contribution is 2.15. The van der Waals surface area contributed by atoms with Crippen LogP contribution < -0.4 is 5.32 Å². The molecule has 1 fully saturated rings. The number of hydrogen-bond acceptors (Lipinski definition) is 4. The number of H-pyrrole nitrogens is 1. The number of rotatable bonds is 3. The Morgan fingerprint density at radius 1 is 1.26 bits per heavy atom. The molecule has 0 aliphatic carbocycles. The topological polar surface area (TPSA) is 56.8 Å². The van der Waals surface area contributed by atoms with Crippen LogP contribution in [0, 0.1) is 5.82 Å². The quantitative estimate of drug-likeness (QED) is 0.866. The average molecular weight is 261 g/mol. The monoisotopic (exact) mass is 261 g/mol. The number of piperazine rings is 1. The molecule has 2 N–H and O–H groups in total. The molecule has 1 aliphatic rings. The van der Waals surface area contributed by atoms with Gasteiger partial charge in [-0.2, -0.15) is 5.10 Å². The molecule has 100 valence electrons. The van der Waals surface area contributed by atoms with Crippen LogP contribution in [0.4, 0.5) is 4.39 Å². The van der Waals surface area contributed by atoms with Gasteiger partial charge < -0.3 is 5.32 Å². The van der Waals surface area contributed by atoms with E-state index in [4.69, 9.17) is 0 Å². The van der Waals surface area contributed by atoms with E-state index in [1.807, 2.05) is 0 Å². The smallest absolute Gasteiger partial charge is 0.181 e. The van der Waals surface area contributed by atoms with Gasteiger partial charge in [0.2, 0.25) is 0 Å². The van der Waals surface area contributed by atoms with Crippen LogP contribution in [-0.2, 0) is 6.54 Å². The van der Waals surface area contributed by atoms with E-state index in [0.29, 0.717) is 11.4 Å². The van der Waals surface area contributed by atoms with Crippen molar-refractivity contribution in [2.45, 2.75) is 6.54 Å². The summed E-state index contributed by atoms with van der Waals surface area (Å²) in [7, 11) is 0. The maximum absolute atomic E-state index is 13.2. The Labute approximate surface area is 110 Å². The maximum Gasteiger partial charge on any atom is 0.181 e. The minimum absolute atomic E-state index is 0.272. The van der Waals surface area contributed by atoms with Gasteiger partial charge in [-0.05, 0) is 12.1 Å². The highest BCUT2D eigenvalue weighted by Gasteiger charge is 2.13. The van der Waals surface area contributed by atoms with Gasteiger partial charge in [-0.15, -0.1) is 0 Å². The summed E-state index contributed by atoms with van der Waals surface area (Å²) < 4.78 is 13.2. The lowest BCUT2D eigenvalue weighted by molar-refractivity contribution is 0.228. The fraction of sp³-hybridized carbons (Fsp3) is 0.385. The van der Waals surface area contributed by atoms with Crippen molar-refractivity contribution < 1.29 is 4.39 Å². The first-order valence-corrected chi connectivity index (χ1v) is 6.41. The Balaban J connectivity index is 1.72. The second kappa shape index (κ2) is 5.46. The first-order chi connectivity index (χ1) is 9.31. The van der Waals surface area contributed by atoms with Crippen LogP contribution in [0.25, 0.3) is 11.4 Å². The normalized spacial score (nSPS) is 16.7. The molecule has 1 aromatic heterocycles. The van der Waals surface area contributed by atoms with E-state index < -0.39 is 0 Å². The molecule has 19 heavy (non-hydrogen) atoms. The lowest BCUT2D eigenvalue weighted by Gasteiger charge is -2.25. The zero-order valence-corrected chi connectivity index (χ0v) is 10.6. The standard InChI is InChI=1S/C13H16FN5/c14-11-3-1-2-10(8-11)13-16-12(17-18-13)9-19-6-4-15-5-7-19/h1-3,8,15H,4-7,9H2,(H,16,17,18). The van der Waals surface area contributed by atoms with Gasteiger partial charge in [0.05, 0.1) is 6.54 Å². The summed E-state index contributed by atoms with van der Waals surface area (Å²) in [6.07, 6.45) is 0. The van der Waals surface area contributed by atoms with Crippen molar-refractivity contribution in [2.24, 2.45) is 0 Å². The van der Waals surface area contributed by atoms with E-state index >= 15 is 0 Å². The number of aromatic nitrogens is 3. The SMILES string of the molecule is Fc1cccc(-c2n[nH]c(CN3CCNCC3)n2)c1. The van der Waals surface area contributed by atoms with E-state index in [1.54, 1.807) is 12.1 Å². The molecular weight excluding hydrogens is 245 g/mol. The number of halogens is 1. The molecule has 6 heteroatoms. The van der Waals surface area contributed by atoms with Crippen molar-refractivity contribution in [2.75, 3.05) is 26.2 Å². The molecule has 1 aromatic carbocycles. The Morgan fingerprint density at radius 3 is 2.89 bits per heavy atom. The zero-order valence-electron chi connectivity index (χ0n) is 10.6. The van der Waals surface area contributed by atoms with Crippen LogP contribution in [0.3, 0.4) is 0 Å². The number of nitrogens with one attached hydrogen (secondary N) is 2. The van der Waals surface area contributed by atoms with Gasteiger partial charge in [-0.1, -0.05) is 12.1 Å². The zero-order chi connectivity index (χ0) is 13.1. The summed E-state index contributed by atoms with van der Waals surface area (Å²) in [5, 5.41) is 10.4. The minimum atomic E-state index is -0.272. The molecule has 2 heterocycles. The third-order valence-electron chi connectivity index (χ3n) is 3.20. The van der Waals surface area contributed by atoms with Crippen LogP contribution in [-0.4, -0.2) is 46.3 Å². The fourth-order valence-electron chi connectivity index (χ4n) is 2.20. The van der Waals surface area contributed by atoms with E-state index in [0.717, 1.165) is 38.5 Å². The third kappa shape index (κ3) is 2.97. The highest BCUT2D eigenvalue weighted by atomic mass is 19.1. The number of nitrogens with zero attached hydrogens (tertiary/aromatic N) is 3. The summed E-state index contributed by atoms with van der Waals surface area (Å²) >= 11 is 0. The number of benzene rings is 1. The molecule has 0 spiro atoms. The Hall–Kier alpha value is -1.79. The van der Waals surface area contributed by atoms with Gasteiger partial charge in [0.15, 0.2) is 5.82 Å². The molecule has 0 radical (unpaired) electrons. The van der Waals surface area contributed by atoms with Gasteiger partial charge in [0.1, 0.15) is 11.6 Å². The van der Waals surface area contributed by atoms with Crippen LogP contribution in [0.5, 0.6) is 0 Å². The lowest BCUT2D eigenvalue weighted by Crippen LogP contribution is -2.43. The first-order valence-electron chi connectivity index (χ1n) is 6.41. The predicted molar refractivity (Wildman–Crippen MR) is 69.9 cm³/mol. The maximum atomic E-state index is 13.2. The minimum Gasteiger partial charge on any atom is -0.314 e. The van der Waals surface area contributed by atoms with Crippen molar-refractivity contribution in [1.29, 1.82) is 0 Å². The van der Waals surface area contributed by atoms with Crippen LogP contribution >= 0.6 is 0 Å². The molecule has 0 unspecified atom stereocenters. The molecule has 0 atom stereocenters. The molecule has 0 saturated carbocycles. The Morgan fingerprint density at radius 2 is 2.11 bits per heavy atom. The molecule has 5 nitrogen and oxygen atoms in total. The van der Waals surface area contributed by atoms with E-state index in [9.17, 15) is 4.39 Å². The predicted octanol–water partition coefficient (Wildman–Crippen LogP) is 1.02. The van der Waals surface area contributed by atoms with Crippen LogP contribution in [0.15, 0.2) is 24.3 Å². The molecule has 3 rings (SSSR count). The largest absolute Gasteiger partial charge is 0.314 e. The number of aromatic amines is 1.